The summed E-state index contributed by atoms with van der Waals surface area (Å²) in [6, 6.07) is 0. The number of thiazole rings is 1. The van der Waals surface area contributed by atoms with E-state index in [0.29, 0.717) is 11.6 Å². The van der Waals surface area contributed by atoms with Crippen LogP contribution in [0.3, 0.4) is 0 Å². The molecule has 1 aromatic heterocycles. The summed E-state index contributed by atoms with van der Waals surface area (Å²) in [5.41, 5.74) is 0.840. The van der Waals surface area contributed by atoms with E-state index in [4.69, 9.17) is 0 Å². The van der Waals surface area contributed by atoms with Gasteiger partial charge in [0, 0.05) is 13.6 Å². The lowest BCUT2D eigenvalue weighted by Gasteiger charge is -2.16. The zero-order chi connectivity index (χ0) is 13.3. The molecule has 1 aliphatic carbocycles. The second-order valence-electron chi connectivity index (χ2n) is 4.50. The number of rotatable bonds is 3. The van der Waals surface area contributed by atoms with Crippen LogP contribution < -0.4 is 4.90 Å². The molecule has 102 valence electrons. The fraction of sp³-hybridized carbons (Fsp3) is 0.727. The van der Waals surface area contributed by atoms with E-state index in [0.717, 1.165) is 23.4 Å². The maximum absolute atomic E-state index is 12.1. The van der Waals surface area contributed by atoms with Crippen molar-refractivity contribution < 1.29 is 18.3 Å². The number of aromatic nitrogens is 1. The van der Waals surface area contributed by atoms with Crippen molar-refractivity contribution in [1.82, 2.24) is 4.98 Å². The number of fused-ring (bicyclic) bond motifs is 1. The van der Waals surface area contributed by atoms with Gasteiger partial charge in [-0.15, -0.1) is 0 Å². The largest absolute Gasteiger partial charge is 0.390 e. The van der Waals surface area contributed by atoms with Crippen LogP contribution in [0.25, 0.3) is 0 Å². The zero-order valence-corrected chi connectivity index (χ0v) is 10.8. The molecule has 1 unspecified atom stereocenters. The van der Waals surface area contributed by atoms with Crippen LogP contribution in [-0.2, 0) is 6.42 Å². The number of aliphatic hydroxyl groups excluding tert-OH is 1. The fourth-order valence-electron chi connectivity index (χ4n) is 1.94. The Morgan fingerprint density at radius 1 is 1.50 bits per heavy atom. The second-order valence-corrected chi connectivity index (χ2v) is 5.51. The highest BCUT2D eigenvalue weighted by atomic mass is 32.1. The lowest BCUT2D eigenvalue weighted by molar-refractivity contribution is -0.132. The van der Waals surface area contributed by atoms with E-state index in [1.54, 1.807) is 7.05 Å². The van der Waals surface area contributed by atoms with Crippen molar-refractivity contribution in [2.24, 2.45) is 0 Å². The second kappa shape index (κ2) is 5.05. The maximum Gasteiger partial charge on any atom is 0.390 e. The van der Waals surface area contributed by atoms with Crippen LogP contribution in [0.5, 0.6) is 0 Å². The van der Waals surface area contributed by atoms with Gasteiger partial charge in [0.2, 0.25) is 0 Å². The van der Waals surface area contributed by atoms with Crippen LogP contribution >= 0.6 is 11.3 Å². The molecule has 0 radical (unpaired) electrons. The van der Waals surface area contributed by atoms with E-state index in [-0.39, 0.29) is 6.54 Å². The van der Waals surface area contributed by atoms with Gasteiger partial charge in [-0.2, -0.15) is 13.2 Å². The number of alkyl halides is 3. The number of hydrogen-bond donors (Lipinski definition) is 1. The minimum absolute atomic E-state index is 0.105. The number of halogens is 3. The van der Waals surface area contributed by atoms with Crippen LogP contribution in [0.1, 0.15) is 35.9 Å². The first-order chi connectivity index (χ1) is 8.37. The highest BCUT2D eigenvalue weighted by Gasteiger charge is 2.28. The molecule has 3 nitrogen and oxygen atoms in total. The van der Waals surface area contributed by atoms with Crippen LogP contribution in [0.15, 0.2) is 0 Å². The Morgan fingerprint density at radius 2 is 2.22 bits per heavy atom. The van der Waals surface area contributed by atoms with E-state index in [2.05, 4.69) is 4.98 Å². The van der Waals surface area contributed by atoms with Crippen molar-refractivity contribution in [3.63, 3.8) is 0 Å². The Kier molecular flexibility index (Phi) is 3.82. The molecule has 18 heavy (non-hydrogen) atoms. The minimum atomic E-state index is -4.15. The van der Waals surface area contributed by atoms with Crippen molar-refractivity contribution in [3.05, 3.63) is 10.6 Å². The van der Waals surface area contributed by atoms with Gasteiger partial charge in [0.05, 0.1) is 23.1 Å². The number of nitrogens with zero attached hydrogens (tertiary/aromatic N) is 2. The summed E-state index contributed by atoms with van der Waals surface area (Å²) in [6.45, 7) is -0.105. The van der Waals surface area contributed by atoms with Crippen molar-refractivity contribution in [1.29, 1.82) is 0 Å². The van der Waals surface area contributed by atoms with Crippen molar-refractivity contribution in [3.8, 4) is 0 Å². The van der Waals surface area contributed by atoms with Crippen LogP contribution in [0, 0.1) is 0 Å². The Hall–Kier alpha value is -0.820. The quantitative estimate of drug-likeness (QED) is 0.925. The molecular weight excluding hydrogens is 265 g/mol. The summed E-state index contributed by atoms with van der Waals surface area (Å²) in [4.78, 5) is 6.64. The van der Waals surface area contributed by atoms with E-state index in [9.17, 15) is 18.3 Å². The maximum atomic E-state index is 12.1. The van der Waals surface area contributed by atoms with Crippen LogP contribution in [0.4, 0.5) is 18.3 Å². The monoisotopic (exact) mass is 280 g/mol. The normalized spacial score (nSPS) is 19.7. The Labute approximate surface area is 107 Å². The van der Waals surface area contributed by atoms with Gasteiger partial charge in [-0.25, -0.2) is 4.98 Å². The highest BCUT2D eigenvalue weighted by molar-refractivity contribution is 7.15. The average molecular weight is 280 g/mol. The number of hydrogen-bond acceptors (Lipinski definition) is 4. The first-order valence-electron chi connectivity index (χ1n) is 5.82. The average Bonchev–Trinajstić information content (AvgIpc) is 2.70. The smallest absolute Gasteiger partial charge is 0.388 e. The minimum Gasteiger partial charge on any atom is -0.388 e. The van der Waals surface area contributed by atoms with Crippen molar-refractivity contribution >= 4 is 16.5 Å². The fourth-order valence-corrected chi connectivity index (χ4v) is 3.06. The van der Waals surface area contributed by atoms with E-state index in [1.807, 2.05) is 0 Å². The molecule has 0 amide bonds. The first-order valence-corrected chi connectivity index (χ1v) is 6.64. The van der Waals surface area contributed by atoms with E-state index >= 15 is 0 Å². The highest BCUT2D eigenvalue weighted by Crippen LogP contribution is 2.37. The van der Waals surface area contributed by atoms with E-state index < -0.39 is 18.7 Å². The summed E-state index contributed by atoms with van der Waals surface area (Å²) in [5, 5.41) is 10.3. The molecule has 0 saturated heterocycles. The summed E-state index contributed by atoms with van der Waals surface area (Å²) in [7, 11) is 1.60. The molecule has 0 bridgehead atoms. The van der Waals surface area contributed by atoms with E-state index in [1.165, 1.54) is 16.2 Å². The predicted molar refractivity (Wildman–Crippen MR) is 64.0 cm³/mol. The predicted octanol–water partition coefficient (Wildman–Crippen LogP) is 2.90. The first kappa shape index (κ1) is 13.6. The number of aryl methyl sites for hydroxylation is 1. The van der Waals surface area contributed by atoms with Gasteiger partial charge in [-0.05, 0) is 19.3 Å². The molecule has 0 saturated carbocycles. The zero-order valence-electron chi connectivity index (χ0n) is 10.00. The summed E-state index contributed by atoms with van der Waals surface area (Å²) in [6.07, 6.45) is -3.11. The molecule has 0 spiro atoms. The molecule has 7 heteroatoms. The van der Waals surface area contributed by atoms with Gasteiger partial charge in [-0.3, -0.25) is 0 Å². The molecule has 1 N–H and O–H groups in total. The Bertz CT molecular complexity index is 419. The molecule has 1 aliphatic rings. The lowest BCUT2D eigenvalue weighted by atomic mass is 10.0. The van der Waals surface area contributed by atoms with Gasteiger partial charge in [0.15, 0.2) is 5.13 Å². The Balaban J connectivity index is 2.05. The molecule has 1 aromatic rings. The Morgan fingerprint density at radius 3 is 2.83 bits per heavy atom. The van der Waals surface area contributed by atoms with Gasteiger partial charge in [-0.1, -0.05) is 11.3 Å². The van der Waals surface area contributed by atoms with Gasteiger partial charge in [0.25, 0.3) is 0 Å². The third kappa shape index (κ3) is 3.14. The third-order valence-corrected chi connectivity index (χ3v) is 4.28. The molecule has 0 fully saturated rings. The SMILES string of the molecule is CN(CCC(F)(F)F)c1nc2c(s1)C(O)CCC2. The molecule has 2 rings (SSSR count). The van der Waals surface area contributed by atoms with Crippen LogP contribution in [-0.4, -0.2) is 29.9 Å². The molecular formula is C11H15F3N2OS. The number of aliphatic hydroxyl groups is 1. The summed E-state index contributed by atoms with van der Waals surface area (Å²) < 4.78 is 36.4. The number of anilines is 1. The summed E-state index contributed by atoms with van der Waals surface area (Å²) >= 11 is 1.30. The topological polar surface area (TPSA) is 36.4 Å². The van der Waals surface area contributed by atoms with Crippen molar-refractivity contribution in [2.45, 2.75) is 38.0 Å². The van der Waals surface area contributed by atoms with Gasteiger partial charge >= 0.3 is 6.18 Å². The standard InChI is InChI=1S/C11H15F3N2OS/c1-16(6-5-11(12,13)14)10-15-7-3-2-4-8(17)9(7)18-10/h8,17H,2-6H2,1H3. The third-order valence-electron chi connectivity index (χ3n) is 2.97. The molecule has 0 aromatic carbocycles. The molecule has 1 atom stereocenters. The van der Waals surface area contributed by atoms with Gasteiger partial charge < -0.3 is 10.0 Å². The van der Waals surface area contributed by atoms with Gasteiger partial charge in [0.1, 0.15) is 0 Å². The van der Waals surface area contributed by atoms with Crippen molar-refractivity contribution in [2.75, 3.05) is 18.5 Å². The summed E-state index contributed by atoms with van der Waals surface area (Å²) in [5.74, 6) is 0. The van der Waals surface area contributed by atoms with Crippen LogP contribution in [0.2, 0.25) is 0 Å². The molecule has 0 aliphatic heterocycles. The molecule has 1 heterocycles. The lowest BCUT2D eigenvalue weighted by Crippen LogP contribution is -2.23.